The second kappa shape index (κ2) is 4.79. The molecule has 0 radical (unpaired) electrons. The summed E-state index contributed by atoms with van der Waals surface area (Å²) in [6.45, 7) is 0. The van der Waals surface area contributed by atoms with Crippen LogP contribution in [0, 0.1) is 0 Å². The molecule has 1 unspecified atom stereocenters. The number of aromatic nitrogens is 1. The van der Waals surface area contributed by atoms with E-state index in [1.807, 2.05) is 0 Å². The predicted molar refractivity (Wildman–Crippen MR) is 54.6 cm³/mol. The van der Waals surface area contributed by atoms with Gasteiger partial charge in [-0.1, -0.05) is 27.5 Å². The predicted octanol–water partition coefficient (Wildman–Crippen LogP) is 2.17. The van der Waals surface area contributed by atoms with Gasteiger partial charge in [-0.3, -0.25) is 0 Å². The molecule has 1 atom stereocenters. The Labute approximate surface area is 89.8 Å². The van der Waals surface area contributed by atoms with Crippen LogP contribution >= 0.6 is 27.5 Å². The molecule has 1 heterocycles. The molecule has 0 bridgehead atoms. The number of hydrogen-bond donors (Lipinski definition) is 1. The van der Waals surface area contributed by atoms with E-state index in [0.717, 1.165) is 0 Å². The first kappa shape index (κ1) is 10.8. The normalized spacial score (nSPS) is 12.6. The van der Waals surface area contributed by atoms with Gasteiger partial charge in [0.1, 0.15) is 5.15 Å². The number of rotatable bonds is 3. The molecule has 0 amide bonds. The fourth-order valence-electron chi connectivity index (χ4n) is 0.929. The van der Waals surface area contributed by atoms with E-state index in [1.54, 1.807) is 12.1 Å². The molecule has 72 valence electrons. The second-order valence-corrected chi connectivity index (χ2v) is 3.44. The van der Waals surface area contributed by atoms with Crippen LogP contribution in [-0.2, 0) is 0 Å². The zero-order chi connectivity index (χ0) is 9.84. The monoisotopic (exact) mass is 265 g/mol. The Morgan fingerprint density at radius 3 is 2.92 bits per heavy atom. The van der Waals surface area contributed by atoms with Crippen LogP contribution in [0.5, 0.6) is 5.88 Å². The molecule has 5 heteroatoms. The van der Waals surface area contributed by atoms with E-state index in [2.05, 4.69) is 20.9 Å². The fraction of sp³-hybridized carbons (Fsp3) is 0.375. The molecule has 13 heavy (non-hydrogen) atoms. The molecule has 1 N–H and O–H groups in total. The van der Waals surface area contributed by atoms with Crippen molar-refractivity contribution >= 4 is 27.5 Å². The molecule has 0 saturated heterocycles. The SMILES string of the molecule is COc1nc(Cl)ccc1C(O)CBr. The third-order valence-corrected chi connectivity index (χ3v) is 2.38. The summed E-state index contributed by atoms with van der Waals surface area (Å²) in [5.74, 6) is 0.361. The lowest BCUT2D eigenvalue weighted by Crippen LogP contribution is -2.03. The number of ether oxygens (including phenoxy) is 1. The molecule has 0 aliphatic heterocycles. The van der Waals surface area contributed by atoms with Gasteiger partial charge in [-0.2, -0.15) is 0 Å². The van der Waals surface area contributed by atoms with Crippen molar-refractivity contribution in [2.45, 2.75) is 6.10 Å². The molecule has 3 nitrogen and oxygen atoms in total. The minimum absolute atomic E-state index is 0.349. The molecule has 0 aliphatic carbocycles. The highest BCUT2D eigenvalue weighted by molar-refractivity contribution is 9.09. The lowest BCUT2D eigenvalue weighted by atomic mass is 10.2. The zero-order valence-corrected chi connectivity index (χ0v) is 9.34. The lowest BCUT2D eigenvalue weighted by Gasteiger charge is -2.10. The Morgan fingerprint density at radius 2 is 2.38 bits per heavy atom. The Hall–Kier alpha value is -0.320. The van der Waals surface area contributed by atoms with Crippen LogP contribution in [0.1, 0.15) is 11.7 Å². The zero-order valence-electron chi connectivity index (χ0n) is 7.00. The largest absolute Gasteiger partial charge is 0.481 e. The quantitative estimate of drug-likeness (QED) is 0.673. The maximum atomic E-state index is 9.52. The molecule has 0 spiro atoms. The first-order valence-electron chi connectivity index (χ1n) is 3.63. The van der Waals surface area contributed by atoms with Crippen LogP contribution in [0.2, 0.25) is 5.15 Å². The van der Waals surface area contributed by atoms with Gasteiger partial charge in [-0.05, 0) is 12.1 Å². The number of hydrogen-bond acceptors (Lipinski definition) is 3. The Kier molecular flexibility index (Phi) is 3.96. The molecule has 1 rings (SSSR count). The maximum absolute atomic E-state index is 9.52. The van der Waals surface area contributed by atoms with Crippen LogP contribution in [0.3, 0.4) is 0 Å². The highest BCUT2D eigenvalue weighted by atomic mass is 79.9. The first-order valence-corrected chi connectivity index (χ1v) is 5.13. The summed E-state index contributed by atoms with van der Waals surface area (Å²) in [7, 11) is 1.49. The fourth-order valence-corrected chi connectivity index (χ4v) is 1.42. The summed E-state index contributed by atoms with van der Waals surface area (Å²) in [4.78, 5) is 3.92. The van der Waals surface area contributed by atoms with E-state index in [0.29, 0.717) is 21.9 Å². The van der Waals surface area contributed by atoms with Gasteiger partial charge < -0.3 is 9.84 Å². The molecule has 0 aliphatic rings. The molecule has 0 fully saturated rings. The molecular weight excluding hydrogens is 257 g/mol. The topological polar surface area (TPSA) is 42.4 Å². The summed E-state index contributed by atoms with van der Waals surface area (Å²) in [5.41, 5.74) is 0.628. The minimum atomic E-state index is -0.625. The summed E-state index contributed by atoms with van der Waals surface area (Å²) in [5, 5.41) is 10.3. The van der Waals surface area contributed by atoms with Gasteiger partial charge in [0, 0.05) is 10.9 Å². The van der Waals surface area contributed by atoms with Crippen molar-refractivity contribution in [2.24, 2.45) is 0 Å². The number of pyridine rings is 1. The number of nitrogens with zero attached hydrogens (tertiary/aromatic N) is 1. The third kappa shape index (κ3) is 2.56. The van der Waals surface area contributed by atoms with Crippen molar-refractivity contribution in [3.8, 4) is 5.88 Å². The standard InChI is InChI=1S/C8H9BrClNO2/c1-13-8-5(6(12)4-9)2-3-7(10)11-8/h2-3,6,12H,4H2,1H3. The van der Waals surface area contributed by atoms with Crippen LogP contribution in [0.15, 0.2) is 12.1 Å². The highest BCUT2D eigenvalue weighted by Gasteiger charge is 2.13. The number of alkyl halides is 1. The number of aliphatic hydroxyl groups is 1. The molecule has 0 aromatic carbocycles. The first-order chi connectivity index (χ1) is 6.19. The van der Waals surface area contributed by atoms with Gasteiger partial charge in [0.25, 0.3) is 0 Å². The number of aliphatic hydroxyl groups excluding tert-OH is 1. The Morgan fingerprint density at radius 1 is 1.69 bits per heavy atom. The van der Waals surface area contributed by atoms with Gasteiger partial charge in [0.05, 0.1) is 13.2 Å². The highest BCUT2D eigenvalue weighted by Crippen LogP contribution is 2.25. The maximum Gasteiger partial charge on any atom is 0.220 e. The van der Waals surface area contributed by atoms with Crippen molar-refractivity contribution in [3.63, 3.8) is 0 Å². The molecule has 0 saturated carbocycles. The van der Waals surface area contributed by atoms with Crippen molar-refractivity contribution in [1.29, 1.82) is 0 Å². The minimum Gasteiger partial charge on any atom is -0.481 e. The molecular formula is C8H9BrClNO2. The van der Waals surface area contributed by atoms with E-state index in [-0.39, 0.29) is 0 Å². The molecule has 1 aromatic heterocycles. The average molecular weight is 267 g/mol. The van der Waals surface area contributed by atoms with Gasteiger partial charge in [-0.25, -0.2) is 4.98 Å². The van der Waals surface area contributed by atoms with Gasteiger partial charge in [-0.15, -0.1) is 0 Å². The van der Waals surface area contributed by atoms with Gasteiger partial charge >= 0.3 is 0 Å². The van der Waals surface area contributed by atoms with Crippen LogP contribution in [-0.4, -0.2) is 22.5 Å². The van der Waals surface area contributed by atoms with Crippen molar-refractivity contribution in [1.82, 2.24) is 4.98 Å². The van der Waals surface area contributed by atoms with Crippen LogP contribution < -0.4 is 4.74 Å². The molecule has 1 aromatic rings. The Bertz CT molecular complexity index is 295. The summed E-state index contributed by atoms with van der Waals surface area (Å²) in [6.07, 6.45) is -0.625. The van der Waals surface area contributed by atoms with E-state index in [4.69, 9.17) is 16.3 Å². The van der Waals surface area contributed by atoms with E-state index >= 15 is 0 Å². The number of halogens is 2. The lowest BCUT2D eigenvalue weighted by molar-refractivity contribution is 0.199. The van der Waals surface area contributed by atoms with E-state index in [9.17, 15) is 5.11 Å². The average Bonchev–Trinajstić information content (AvgIpc) is 2.16. The summed E-state index contributed by atoms with van der Waals surface area (Å²) in [6, 6.07) is 3.31. The van der Waals surface area contributed by atoms with E-state index < -0.39 is 6.10 Å². The third-order valence-electron chi connectivity index (χ3n) is 1.55. The van der Waals surface area contributed by atoms with Gasteiger partial charge in [0.2, 0.25) is 5.88 Å². The summed E-state index contributed by atoms with van der Waals surface area (Å²) >= 11 is 8.83. The number of methoxy groups -OCH3 is 1. The van der Waals surface area contributed by atoms with Gasteiger partial charge in [0.15, 0.2) is 0 Å². The van der Waals surface area contributed by atoms with Crippen LogP contribution in [0.4, 0.5) is 0 Å². The van der Waals surface area contributed by atoms with Crippen molar-refractivity contribution in [3.05, 3.63) is 22.8 Å². The second-order valence-electron chi connectivity index (χ2n) is 2.40. The van der Waals surface area contributed by atoms with Crippen LogP contribution in [0.25, 0.3) is 0 Å². The smallest absolute Gasteiger partial charge is 0.220 e. The van der Waals surface area contributed by atoms with E-state index in [1.165, 1.54) is 7.11 Å². The van der Waals surface area contributed by atoms with Crippen molar-refractivity contribution < 1.29 is 9.84 Å². The Balaban J connectivity index is 3.05. The summed E-state index contributed by atoms with van der Waals surface area (Å²) < 4.78 is 4.97. The van der Waals surface area contributed by atoms with Crippen molar-refractivity contribution in [2.75, 3.05) is 12.4 Å².